The van der Waals surface area contributed by atoms with Crippen LogP contribution in [0.5, 0.6) is 11.5 Å². The van der Waals surface area contributed by atoms with Gasteiger partial charge in [-0.25, -0.2) is 0 Å². The third-order valence-electron chi connectivity index (χ3n) is 14.0. The Morgan fingerprint density at radius 3 is 1.73 bits per heavy atom. The number of nitrogens with zero attached hydrogens (tertiary/aromatic N) is 3. The van der Waals surface area contributed by atoms with Crippen molar-refractivity contribution in [2.45, 2.75) is 97.8 Å². The normalized spacial score (nSPS) is 13.3. The van der Waals surface area contributed by atoms with Gasteiger partial charge in [-0.05, 0) is 134 Å². The van der Waals surface area contributed by atoms with Crippen molar-refractivity contribution in [2.75, 3.05) is 4.90 Å². The molecular formula is C65H61N3OPt. The van der Waals surface area contributed by atoms with Crippen LogP contribution in [-0.4, -0.2) is 9.97 Å². The summed E-state index contributed by atoms with van der Waals surface area (Å²) in [5, 5.41) is 2.18. The molecular weight excluding hydrogens is 1030 g/mol. The molecule has 70 heavy (non-hydrogen) atoms. The molecule has 10 rings (SSSR count). The number of benzene rings is 7. The van der Waals surface area contributed by atoms with Crippen LogP contribution in [-0.2, 0) is 42.7 Å². The molecule has 1 aliphatic heterocycles. The molecule has 0 spiro atoms. The summed E-state index contributed by atoms with van der Waals surface area (Å²) in [6.07, 6.45) is 3.80. The van der Waals surface area contributed by atoms with E-state index in [4.69, 9.17) is 14.7 Å². The SMILES string of the molecule is Cc1cccc(C)c1-c1cc(Oc2[c-]c(C3(c4ccccn4)c4cc(C(C)(C)C)ccc4N(c4ccc(C(C)(C)C)cc4)c4ccc(C(C)(C)C)cc43)ccc2)[c-]c(-c2nccc3ccccc23)c1.[Pt+2]. The van der Waals surface area contributed by atoms with Crippen LogP contribution in [0.25, 0.3) is 33.2 Å². The van der Waals surface area contributed by atoms with Gasteiger partial charge in [-0.15, -0.1) is 29.3 Å². The second kappa shape index (κ2) is 18.3. The summed E-state index contributed by atoms with van der Waals surface area (Å²) in [4.78, 5) is 12.7. The molecule has 0 fully saturated rings. The molecule has 0 aliphatic carbocycles. The number of aryl methyl sites for hydroxylation is 2. The summed E-state index contributed by atoms with van der Waals surface area (Å²) in [5.74, 6) is 1.16. The van der Waals surface area contributed by atoms with Crippen LogP contribution in [0.3, 0.4) is 0 Å². The van der Waals surface area contributed by atoms with Crippen molar-refractivity contribution in [1.82, 2.24) is 9.97 Å². The predicted molar refractivity (Wildman–Crippen MR) is 287 cm³/mol. The third-order valence-corrected chi connectivity index (χ3v) is 14.0. The minimum Gasteiger partial charge on any atom is -0.503 e. The van der Waals surface area contributed by atoms with Crippen molar-refractivity contribution < 1.29 is 25.8 Å². The summed E-state index contributed by atoms with van der Waals surface area (Å²) < 4.78 is 7.10. The fraction of sp³-hybridized carbons (Fsp3) is 0.231. The zero-order valence-electron chi connectivity index (χ0n) is 42.2. The Morgan fingerprint density at radius 2 is 1.11 bits per heavy atom. The maximum absolute atomic E-state index is 7.10. The monoisotopic (exact) mass is 1090 g/mol. The number of rotatable bonds is 7. The minimum absolute atomic E-state index is 0. The summed E-state index contributed by atoms with van der Waals surface area (Å²) in [5.41, 5.74) is 16.3. The molecule has 5 heteroatoms. The van der Waals surface area contributed by atoms with Gasteiger partial charge < -0.3 is 14.6 Å². The molecule has 0 amide bonds. The number of hydrogen-bond donors (Lipinski definition) is 0. The molecule has 1 aliphatic rings. The van der Waals surface area contributed by atoms with Gasteiger partial charge in [-0.2, -0.15) is 12.1 Å². The summed E-state index contributed by atoms with van der Waals surface area (Å²) in [7, 11) is 0. The largest absolute Gasteiger partial charge is 2.00 e. The molecule has 0 radical (unpaired) electrons. The molecule has 0 N–H and O–H groups in total. The van der Waals surface area contributed by atoms with Crippen LogP contribution >= 0.6 is 0 Å². The maximum atomic E-state index is 7.10. The van der Waals surface area contributed by atoms with Gasteiger partial charge >= 0.3 is 21.1 Å². The van der Waals surface area contributed by atoms with Crippen LogP contribution in [0.1, 0.15) is 113 Å². The molecule has 0 unspecified atom stereocenters. The van der Waals surface area contributed by atoms with E-state index in [1.807, 2.05) is 24.5 Å². The van der Waals surface area contributed by atoms with Gasteiger partial charge in [0.15, 0.2) is 0 Å². The molecule has 0 saturated carbocycles. The summed E-state index contributed by atoms with van der Waals surface area (Å²) >= 11 is 0. The molecule has 352 valence electrons. The van der Waals surface area contributed by atoms with Gasteiger partial charge in [0.2, 0.25) is 0 Å². The van der Waals surface area contributed by atoms with Crippen LogP contribution in [0.15, 0.2) is 170 Å². The Labute approximate surface area is 430 Å². The minimum atomic E-state index is -0.919. The van der Waals surface area contributed by atoms with Gasteiger partial charge in [-0.1, -0.05) is 165 Å². The molecule has 0 saturated heterocycles. The summed E-state index contributed by atoms with van der Waals surface area (Å²) in [6.45, 7) is 24.9. The number of hydrogen-bond acceptors (Lipinski definition) is 4. The second-order valence-electron chi connectivity index (χ2n) is 21.9. The smallest absolute Gasteiger partial charge is 0.503 e. The molecule has 2 aromatic heterocycles. The van der Waals surface area contributed by atoms with Gasteiger partial charge in [0.25, 0.3) is 0 Å². The third kappa shape index (κ3) is 8.70. The number of anilines is 3. The first kappa shape index (κ1) is 48.4. The van der Waals surface area contributed by atoms with E-state index in [0.29, 0.717) is 11.5 Å². The number of fused-ring (bicyclic) bond motifs is 3. The van der Waals surface area contributed by atoms with Crippen LogP contribution in [0.2, 0.25) is 0 Å². The van der Waals surface area contributed by atoms with Gasteiger partial charge in [0.05, 0.1) is 22.5 Å². The first-order chi connectivity index (χ1) is 32.9. The van der Waals surface area contributed by atoms with Crippen molar-refractivity contribution in [2.24, 2.45) is 0 Å². The van der Waals surface area contributed by atoms with Crippen LogP contribution in [0, 0.1) is 26.0 Å². The standard InChI is InChI=1S/C65H61N3O.Pt/c1-42-18-16-19-43(2)60(42)45-36-46(61-54-23-13-12-20-44(54)33-35-67-61)38-53(37-45)69-52-22-17-21-50(39-52)65(59-24-14-15-34-66-59)55-40-48(63(6,7)8)27-31-57(55)68(51-29-25-47(26-30-51)62(3,4)5)58-32-28-49(41-56(58)65)64(9,10)11;/h12-37,40-41H,1-11H3;/q-2;+2. The van der Waals surface area contributed by atoms with E-state index in [9.17, 15) is 0 Å². The van der Waals surface area contributed by atoms with E-state index in [1.165, 1.54) is 33.4 Å². The zero-order valence-corrected chi connectivity index (χ0v) is 44.5. The first-order valence-electron chi connectivity index (χ1n) is 24.2. The molecule has 7 aromatic carbocycles. The quantitative estimate of drug-likeness (QED) is 0.149. The second-order valence-corrected chi connectivity index (χ2v) is 21.9. The molecule has 9 aromatic rings. The zero-order chi connectivity index (χ0) is 48.5. The Bertz CT molecular complexity index is 3300. The Balaban J connectivity index is 0.00000608. The summed E-state index contributed by atoms with van der Waals surface area (Å²) in [6, 6.07) is 64.7. The van der Waals surface area contributed by atoms with Crippen LogP contribution in [0.4, 0.5) is 17.1 Å². The van der Waals surface area contributed by atoms with Crippen molar-refractivity contribution >= 4 is 27.8 Å². The van der Waals surface area contributed by atoms with Gasteiger partial charge in [0, 0.05) is 29.6 Å². The van der Waals surface area contributed by atoms with Crippen LogP contribution < -0.4 is 9.64 Å². The van der Waals surface area contributed by atoms with E-state index in [1.54, 1.807) is 0 Å². The predicted octanol–water partition coefficient (Wildman–Crippen LogP) is 17.0. The Kier molecular flexibility index (Phi) is 12.6. The van der Waals surface area contributed by atoms with Crippen molar-refractivity contribution in [3.05, 3.63) is 232 Å². The fourth-order valence-corrected chi connectivity index (χ4v) is 10.3. The average Bonchev–Trinajstić information content (AvgIpc) is 3.32. The average molecular weight is 1100 g/mol. The molecule has 3 heterocycles. The van der Waals surface area contributed by atoms with E-state index in [2.05, 4.69) is 239 Å². The number of aromatic nitrogens is 2. The molecule has 0 atom stereocenters. The van der Waals surface area contributed by atoms with Gasteiger partial charge in [-0.3, -0.25) is 4.98 Å². The first-order valence-corrected chi connectivity index (χ1v) is 24.2. The van der Waals surface area contributed by atoms with E-state index in [0.717, 1.165) is 67.0 Å². The van der Waals surface area contributed by atoms with Crippen molar-refractivity contribution in [1.29, 1.82) is 0 Å². The fourth-order valence-electron chi connectivity index (χ4n) is 10.3. The molecule has 0 bridgehead atoms. The number of pyridine rings is 2. The van der Waals surface area contributed by atoms with Crippen molar-refractivity contribution in [3.63, 3.8) is 0 Å². The van der Waals surface area contributed by atoms with Crippen molar-refractivity contribution in [3.8, 4) is 33.9 Å². The maximum Gasteiger partial charge on any atom is 2.00 e. The Hall–Kier alpha value is -6.61. The number of ether oxygens (including phenoxy) is 1. The van der Waals surface area contributed by atoms with E-state index < -0.39 is 5.41 Å². The topological polar surface area (TPSA) is 38.2 Å². The van der Waals surface area contributed by atoms with E-state index in [-0.39, 0.29) is 37.3 Å². The molecule has 4 nitrogen and oxygen atoms in total. The Morgan fingerprint density at radius 1 is 0.514 bits per heavy atom. The van der Waals surface area contributed by atoms with E-state index >= 15 is 0 Å². The van der Waals surface area contributed by atoms with Gasteiger partial charge in [0.1, 0.15) is 0 Å².